The van der Waals surface area contributed by atoms with Gasteiger partial charge in [-0.15, -0.1) is 5.48 Å². The Bertz CT molecular complexity index is 1160. The first kappa shape index (κ1) is 22.4. The fraction of sp³-hybridized carbons (Fsp3) is 0.348. The average Bonchev–Trinajstić information content (AvgIpc) is 3.32. The van der Waals surface area contributed by atoms with Crippen LogP contribution in [0.2, 0.25) is 0 Å². The molecular formula is C23H27N7O3. The van der Waals surface area contributed by atoms with Crippen LogP contribution < -0.4 is 21.7 Å². The number of nitrogens with zero attached hydrogens (tertiary/aromatic N) is 3. The molecule has 0 bridgehead atoms. The number of H-pyrrole nitrogens is 1. The van der Waals surface area contributed by atoms with Crippen molar-refractivity contribution in [1.29, 1.82) is 0 Å². The van der Waals surface area contributed by atoms with Crippen LogP contribution in [0.5, 0.6) is 0 Å². The van der Waals surface area contributed by atoms with Gasteiger partial charge in [-0.1, -0.05) is 18.2 Å². The van der Waals surface area contributed by atoms with Gasteiger partial charge in [0.05, 0.1) is 5.39 Å². The SMILES string of the molecule is O=C(CCCC1=NC(c2ccncc2)NO1)NCCCCNc1n[nH]c(=O)c2ccccc12. The Labute approximate surface area is 190 Å². The summed E-state index contributed by atoms with van der Waals surface area (Å²) in [4.78, 5) is 37.8. The van der Waals surface area contributed by atoms with Crippen molar-refractivity contribution in [2.45, 2.75) is 38.3 Å². The molecule has 0 saturated heterocycles. The van der Waals surface area contributed by atoms with Gasteiger partial charge in [0.25, 0.3) is 5.56 Å². The number of carbonyl (C=O) groups is 1. The van der Waals surface area contributed by atoms with Crippen molar-refractivity contribution in [1.82, 2.24) is 26.0 Å². The number of hydrogen-bond donors (Lipinski definition) is 4. The Morgan fingerprint density at radius 3 is 2.67 bits per heavy atom. The average molecular weight is 450 g/mol. The summed E-state index contributed by atoms with van der Waals surface area (Å²) >= 11 is 0. The monoisotopic (exact) mass is 449 g/mol. The number of anilines is 1. The van der Waals surface area contributed by atoms with Crippen LogP contribution >= 0.6 is 0 Å². The molecule has 0 aliphatic carbocycles. The number of aliphatic imine (C=N–C) groups is 1. The number of aromatic amines is 1. The van der Waals surface area contributed by atoms with Gasteiger partial charge >= 0.3 is 0 Å². The van der Waals surface area contributed by atoms with Crippen molar-refractivity contribution in [2.24, 2.45) is 4.99 Å². The third kappa shape index (κ3) is 6.13. The number of benzene rings is 1. The van der Waals surface area contributed by atoms with Gasteiger partial charge in [-0.05, 0) is 43.0 Å². The second-order valence-corrected chi connectivity index (χ2v) is 7.71. The fourth-order valence-electron chi connectivity index (χ4n) is 3.55. The zero-order valence-electron chi connectivity index (χ0n) is 18.2. The molecule has 1 aromatic carbocycles. The molecule has 0 spiro atoms. The van der Waals surface area contributed by atoms with E-state index in [1.54, 1.807) is 18.5 Å². The van der Waals surface area contributed by atoms with Crippen LogP contribution in [0.1, 0.15) is 43.8 Å². The van der Waals surface area contributed by atoms with Crippen LogP contribution in [0.25, 0.3) is 10.8 Å². The summed E-state index contributed by atoms with van der Waals surface area (Å²) in [6, 6.07) is 11.1. The molecule has 1 atom stereocenters. The molecular weight excluding hydrogens is 422 g/mol. The van der Waals surface area contributed by atoms with Crippen LogP contribution in [0.15, 0.2) is 58.6 Å². The zero-order chi connectivity index (χ0) is 22.9. The van der Waals surface area contributed by atoms with E-state index < -0.39 is 0 Å². The van der Waals surface area contributed by atoms with Gasteiger partial charge in [0, 0.05) is 43.7 Å². The summed E-state index contributed by atoms with van der Waals surface area (Å²) in [5.41, 5.74) is 3.66. The molecule has 3 heterocycles. The minimum Gasteiger partial charge on any atom is -0.391 e. The normalized spacial score (nSPS) is 15.2. The second kappa shape index (κ2) is 11.2. The molecule has 1 unspecified atom stereocenters. The fourth-order valence-corrected chi connectivity index (χ4v) is 3.55. The molecule has 2 aromatic heterocycles. The predicted octanol–water partition coefficient (Wildman–Crippen LogP) is 2.43. The summed E-state index contributed by atoms with van der Waals surface area (Å²) in [5, 5.41) is 14.2. The zero-order valence-corrected chi connectivity index (χ0v) is 18.2. The highest BCUT2D eigenvalue weighted by Gasteiger charge is 2.19. The van der Waals surface area contributed by atoms with E-state index in [1.165, 1.54) is 0 Å². The maximum absolute atomic E-state index is 12.1. The number of fused-ring (bicyclic) bond motifs is 1. The van der Waals surface area contributed by atoms with Gasteiger partial charge in [-0.3, -0.25) is 14.6 Å². The van der Waals surface area contributed by atoms with E-state index in [0.29, 0.717) is 49.5 Å². The van der Waals surface area contributed by atoms with E-state index in [1.807, 2.05) is 30.3 Å². The highest BCUT2D eigenvalue weighted by Crippen LogP contribution is 2.19. The predicted molar refractivity (Wildman–Crippen MR) is 126 cm³/mol. The van der Waals surface area contributed by atoms with Crippen molar-refractivity contribution in [3.05, 3.63) is 64.7 Å². The van der Waals surface area contributed by atoms with Crippen molar-refractivity contribution in [3.8, 4) is 0 Å². The molecule has 0 fully saturated rings. The van der Waals surface area contributed by atoms with Gasteiger partial charge in [-0.25, -0.2) is 10.1 Å². The Morgan fingerprint density at radius 1 is 1.03 bits per heavy atom. The van der Waals surface area contributed by atoms with Crippen LogP contribution in [0, 0.1) is 0 Å². The highest BCUT2D eigenvalue weighted by atomic mass is 16.7. The summed E-state index contributed by atoms with van der Waals surface area (Å²) < 4.78 is 0. The van der Waals surface area contributed by atoms with Gasteiger partial charge in [0.1, 0.15) is 0 Å². The summed E-state index contributed by atoms with van der Waals surface area (Å²) in [7, 11) is 0. The van der Waals surface area contributed by atoms with Crippen LogP contribution in [-0.2, 0) is 9.63 Å². The van der Waals surface area contributed by atoms with Crippen molar-refractivity contribution in [2.75, 3.05) is 18.4 Å². The van der Waals surface area contributed by atoms with E-state index in [4.69, 9.17) is 4.84 Å². The molecule has 10 heteroatoms. The Balaban J connectivity index is 1.09. The van der Waals surface area contributed by atoms with Crippen LogP contribution in [0.3, 0.4) is 0 Å². The number of carbonyl (C=O) groups excluding carboxylic acids is 1. The number of amides is 1. The van der Waals surface area contributed by atoms with Crippen LogP contribution in [-0.4, -0.2) is 40.1 Å². The number of aromatic nitrogens is 3. The van der Waals surface area contributed by atoms with Gasteiger partial charge in [0.2, 0.25) is 11.8 Å². The molecule has 1 aliphatic rings. The van der Waals surface area contributed by atoms with Gasteiger partial charge in [0.15, 0.2) is 12.0 Å². The molecule has 33 heavy (non-hydrogen) atoms. The third-order valence-electron chi connectivity index (χ3n) is 5.29. The maximum atomic E-state index is 12.1. The minimum absolute atomic E-state index is 0.0218. The smallest absolute Gasteiger partial charge is 0.272 e. The Hall–Kier alpha value is -3.79. The van der Waals surface area contributed by atoms with Crippen molar-refractivity contribution >= 4 is 28.4 Å². The molecule has 3 aromatic rings. The topological polar surface area (TPSA) is 133 Å². The quantitative estimate of drug-likeness (QED) is 0.330. The van der Waals surface area contributed by atoms with Crippen molar-refractivity contribution in [3.63, 3.8) is 0 Å². The van der Waals surface area contributed by atoms with Gasteiger partial charge < -0.3 is 15.5 Å². The molecule has 4 rings (SSSR count). The Kier molecular flexibility index (Phi) is 7.60. The number of hydrogen-bond acceptors (Lipinski definition) is 8. The maximum Gasteiger partial charge on any atom is 0.272 e. The van der Waals surface area contributed by atoms with E-state index in [0.717, 1.165) is 23.8 Å². The first-order valence-corrected chi connectivity index (χ1v) is 11.1. The number of nitrogens with one attached hydrogen (secondary N) is 4. The van der Waals surface area contributed by atoms with E-state index in [9.17, 15) is 9.59 Å². The summed E-state index contributed by atoms with van der Waals surface area (Å²) in [5.74, 6) is 1.29. The molecule has 4 N–H and O–H groups in total. The number of pyridine rings is 1. The summed E-state index contributed by atoms with van der Waals surface area (Å²) in [6.45, 7) is 1.31. The van der Waals surface area contributed by atoms with E-state index in [2.05, 4.69) is 36.3 Å². The number of unbranched alkanes of at least 4 members (excludes halogenated alkanes) is 1. The number of hydroxylamine groups is 1. The van der Waals surface area contributed by atoms with Crippen molar-refractivity contribution < 1.29 is 9.63 Å². The van der Waals surface area contributed by atoms with E-state index >= 15 is 0 Å². The Morgan fingerprint density at radius 2 is 1.82 bits per heavy atom. The third-order valence-corrected chi connectivity index (χ3v) is 5.29. The lowest BCUT2D eigenvalue weighted by Gasteiger charge is -2.08. The summed E-state index contributed by atoms with van der Waals surface area (Å²) in [6.07, 6.45) is 6.60. The molecule has 0 saturated carbocycles. The molecule has 1 aliphatic heterocycles. The molecule has 172 valence electrons. The first-order chi connectivity index (χ1) is 16.2. The highest BCUT2D eigenvalue weighted by molar-refractivity contribution is 5.90. The van der Waals surface area contributed by atoms with Gasteiger partial charge in [-0.2, -0.15) is 5.10 Å². The lowest BCUT2D eigenvalue weighted by Crippen LogP contribution is -2.24. The van der Waals surface area contributed by atoms with Crippen LogP contribution in [0.4, 0.5) is 5.82 Å². The molecule has 10 nitrogen and oxygen atoms in total. The number of rotatable bonds is 11. The van der Waals surface area contributed by atoms with E-state index in [-0.39, 0.29) is 17.6 Å². The lowest BCUT2D eigenvalue weighted by atomic mass is 10.2. The molecule has 0 radical (unpaired) electrons. The lowest BCUT2D eigenvalue weighted by molar-refractivity contribution is -0.121. The largest absolute Gasteiger partial charge is 0.391 e. The standard InChI is InChI=1S/C23H27N7O3/c31-19(8-5-9-20-27-21(30-33-20)16-10-14-24-15-11-16)25-12-3-4-13-26-22-17-6-1-2-7-18(17)23(32)29-28-22/h1-2,6-7,10-11,14-15,21,30H,3-5,8-9,12-13H2,(H,25,31)(H,26,28)(H,29,32). The molecule has 1 amide bonds. The second-order valence-electron chi connectivity index (χ2n) is 7.71. The first-order valence-electron chi connectivity index (χ1n) is 11.1. The minimum atomic E-state index is -0.227.